The van der Waals surface area contributed by atoms with Crippen molar-refractivity contribution in [1.82, 2.24) is 19.8 Å². The molecule has 1 unspecified atom stereocenters. The van der Waals surface area contributed by atoms with Gasteiger partial charge in [0.05, 0.1) is 18.4 Å². The van der Waals surface area contributed by atoms with Crippen LogP contribution >= 0.6 is 11.6 Å². The van der Waals surface area contributed by atoms with Gasteiger partial charge in [0.15, 0.2) is 0 Å². The van der Waals surface area contributed by atoms with E-state index in [9.17, 15) is 4.79 Å². The van der Waals surface area contributed by atoms with E-state index in [1.54, 1.807) is 11.8 Å². The number of amides is 1. The Kier molecular flexibility index (Phi) is 8.53. The van der Waals surface area contributed by atoms with Crippen LogP contribution < -0.4 is 9.64 Å². The summed E-state index contributed by atoms with van der Waals surface area (Å²) in [6, 6.07) is 12.5. The minimum atomic E-state index is -0.271. The number of anilines is 1. The molecule has 2 saturated heterocycles. The fourth-order valence-electron chi connectivity index (χ4n) is 6.53. The van der Waals surface area contributed by atoms with Gasteiger partial charge in [0.2, 0.25) is 12.5 Å². The number of benzene rings is 2. The second-order valence-electron chi connectivity index (χ2n) is 11.8. The molecule has 2 aromatic carbocycles. The zero-order chi connectivity index (χ0) is 30.1. The molecule has 4 heterocycles. The molecule has 3 atom stereocenters. The maximum atomic E-state index is 12.9. The number of carbonyl (C=O) groups is 1. The van der Waals surface area contributed by atoms with E-state index in [1.807, 2.05) is 18.2 Å². The Labute approximate surface area is 257 Å². The molecule has 1 amide bonds. The van der Waals surface area contributed by atoms with Crippen LogP contribution in [0.1, 0.15) is 42.7 Å². The van der Waals surface area contributed by atoms with Crippen molar-refractivity contribution in [1.29, 1.82) is 0 Å². The number of hydrogen-bond donors (Lipinski definition) is 0. The highest BCUT2D eigenvalue weighted by molar-refractivity contribution is 6.35. The molecule has 2 fully saturated rings. The molecule has 0 saturated carbocycles. The Balaban J connectivity index is 1.34. The third-order valence-electron chi connectivity index (χ3n) is 8.88. The summed E-state index contributed by atoms with van der Waals surface area (Å²) < 4.78 is 12.8. The van der Waals surface area contributed by atoms with Gasteiger partial charge in [-0.25, -0.2) is 6.57 Å². The maximum absolute atomic E-state index is 12.9. The number of rotatable bonds is 7. The van der Waals surface area contributed by atoms with Crippen LogP contribution in [0.3, 0.4) is 0 Å². The average Bonchev–Trinajstić information content (AvgIpc) is 3.43. The first-order chi connectivity index (χ1) is 20.8. The van der Waals surface area contributed by atoms with Gasteiger partial charge in [-0.2, -0.15) is 9.97 Å². The van der Waals surface area contributed by atoms with E-state index in [0.717, 1.165) is 52.8 Å². The quantitative estimate of drug-likeness (QED) is 0.276. The number of hydrogen-bond acceptors (Lipinski definition) is 7. The number of aromatic nitrogens is 2. The number of likely N-dealkylation sites (tertiary alicyclic amines) is 1. The molecule has 9 nitrogen and oxygen atoms in total. The van der Waals surface area contributed by atoms with Crippen molar-refractivity contribution >= 4 is 34.1 Å². The van der Waals surface area contributed by atoms with Crippen LogP contribution in [-0.2, 0) is 22.6 Å². The third-order valence-corrected chi connectivity index (χ3v) is 9.19. The fraction of sp³-hybridized carbons (Fsp3) is 0.455. The summed E-state index contributed by atoms with van der Waals surface area (Å²) in [4.78, 5) is 32.6. The standard InChI is InChI=1S/C33H37ClN6O3/c1-21(2)32(41)40-15-14-39(18-24(40)17-35-3)31-26-20-42-29(25-11-5-8-22-9-6-12-27(34)30(22)25)16-28(26)36-33(37-31)43-19-23-10-7-13-38(23)4/h5-6,8-9,11-12,23-24,29H,1,7,10,13-20H2,2,4H3/t23-,24+,29?/m1/s1. The highest BCUT2D eigenvalue weighted by Crippen LogP contribution is 2.39. The maximum Gasteiger partial charge on any atom is 0.318 e. The summed E-state index contributed by atoms with van der Waals surface area (Å²) in [6.07, 6.45) is 2.56. The molecule has 43 heavy (non-hydrogen) atoms. The van der Waals surface area contributed by atoms with E-state index in [4.69, 9.17) is 37.6 Å². The topological polar surface area (TPSA) is 75.4 Å². The summed E-state index contributed by atoms with van der Waals surface area (Å²) in [7, 11) is 2.13. The number of likely N-dealkylation sites (N-methyl/N-ethyl adjacent to an activating group) is 1. The highest BCUT2D eigenvalue weighted by atomic mass is 35.5. The molecule has 0 radical (unpaired) electrons. The lowest BCUT2D eigenvalue weighted by atomic mass is 9.94. The number of fused-ring (bicyclic) bond motifs is 2. The minimum Gasteiger partial charge on any atom is -0.462 e. The lowest BCUT2D eigenvalue weighted by molar-refractivity contribution is -0.129. The van der Waals surface area contributed by atoms with Gasteiger partial charge >= 0.3 is 6.01 Å². The molecular formula is C33H37ClN6O3. The molecule has 0 N–H and O–H groups in total. The predicted octanol–water partition coefficient (Wildman–Crippen LogP) is 5.08. The van der Waals surface area contributed by atoms with Crippen molar-refractivity contribution in [3.63, 3.8) is 0 Å². The Bertz CT molecular complexity index is 1580. The first kappa shape index (κ1) is 29.4. The number of nitrogens with zero attached hydrogens (tertiary/aromatic N) is 6. The van der Waals surface area contributed by atoms with Gasteiger partial charge in [-0.1, -0.05) is 48.5 Å². The molecule has 0 spiro atoms. The molecule has 6 rings (SSSR count). The number of halogens is 1. The van der Waals surface area contributed by atoms with Gasteiger partial charge in [-0.15, -0.1) is 0 Å². The lowest BCUT2D eigenvalue weighted by Crippen LogP contribution is -2.57. The van der Waals surface area contributed by atoms with Gasteiger partial charge in [0.1, 0.15) is 18.5 Å². The number of carbonyl (C=O) groups excluding carboxylic acids is 1. The van der Waals surface area contributed by atoms with Crippen LogP contribution in [0.4, 0.5) is 5.82 Å². The van der Waals surface area contributed by atoms with Crippen molar-refractivity contribution in [3.05, 3.63) is 81.8 Å². The summed E-state index contributed by atoms with van der Waals surface area (Å²) >= 11 is 6.68. The first-order valence-corrected chi connectivity index (χ1v) is 15.3. The zero-order valence-corrected chi connectivity index (χ0v) is 25.5. The molecule has 1 aromatic heterocycles. The van der Waals surface area contributed by atoms with E-state index in [1.165, 1.54) is 0 Å². The van der Waals surface area contributed by atoms with Crippen LogP contribution in [0, 0.1) is 6.57 Å². The Morgan fingerprint density at radius 3 is 2.74 bits per heavy atom. The second kappa shape index (κ2) is 12.5. The van der Waals surface area contributed by atoms with Crippen LogP contribution in [0.25, 0.3) is 15.6 Å². The fourth-order valence-corrected chi connectivity index (χ4v) is 6.82. The summed E-state index contributed by atoms with van der Waals surface area (Å²) in [5, 5.41) is 2.76. The van der Waals surface area contributed by atoms with Crippen molar-refractivity contribution in [2.24, 2.45) is 0 Å². The third kappa shape index (κ3) is 5.92. The van der Waals surface area contributed by atoms with Crippen molar-refractivity contribution in [2.75, 3.05) is 51.3 Å². The molecular weight excluding hydrogens is 564 g/mol. The van der Waals surface area contributed by atoms with Crippen LogP contribution in [0.15, 0.2) is 48.6 Å². The second-order valence-corrected chi connectivity index (χ2v) is 12.2. The van der Waals surface area contributed by atoms with Gasteiger partial charge < -0.3 is 29.0 Å². The van der Waals surface area contributed by atoms with E-state index in [0.29, 0.717) is 61.9 Å². The van der Waals surface area contributed by atoms with Gasteiger partial charge in [0, 0.05) is 53.6 Å². The molecule has 10 heteroatoms. The first-order valence-electron chi connectivity index (χ1n) is 14.9. The highest BCUT2D eigenvalue weighted by Gasteiger charge is 2.36. The van der Waals surface area contributed by atoms with Crippen molar-refractivity contribution in [2.45, 2.75) is 51.0 Å². The van der Waals surface area contributed by atoms with Gasteiger partial charge in [-0.3, -0.25) is 4.79 Å². The Hall–Kier alpha value is -3.71. The molecule has 0 aliphatic carbocycles. The smallest absolute Gasteiger partial charge is 0.318 e. The van der Waals surface area contributed by atoms with Crippen molar-refractivity contribution in [3.8, 4) is 6.01 Å². The molecule has 3 aliphatic rings. The largest absolute Gasteiger partial charge is 0.462 e. The monoisotopic (exact) mass is 600 g/mol. The van der Waals surface area contributed by atoms with Crippen LogP contribution in [0.5, 0.6) is 6.01 Å². The van der Waals surface area contributed by atoms with Crippen molar-refractivity contribution < 1.29 is 14.3 Å². The number of ether oxygens (including phenoxy) is 2. The Morgan fingerprint density at radius 2 is 2.00 bits per heavy atom. The number of piperazine rings is 1. The molecule has 224 valence electrons. The molecule has 3 aromatic rings. The van der Waals surface area contributed by atoms with E-state index in [-0.39, 0.29) is 24.6 Å². The Morgan fingerprint density at radius 1 is 1.19 bits per heavy atom. The lowest BCUT2D eigenvalue weighted by Gasteiger charge is -2.41. The van der Waals surface area contributed by atoms with E-state index >= 15 is 0 Å². The summed E-state index contributed by atoms with van der Waals surface area (Å²) in [5.41, 5.74) is 3.33. The van der Waals surface area contributed by atoms with Crippen LogP contribution in [-0.4, -0.2) is 84.1 Å². The predicted molar refractivity (Wildman–Crippen MR) is 167 cm³/mol. The summed E-state index contributed by atoms with van der Waals surface area (Å²) in [6.45, 7) is 16.7. The van der Waals surface area contributed by atoms with Crippen LogP contribution in [0.2, 0.25) is 5.02 Å². The van der Waals surface area contributed by atoms with E-state index in [2.05, 4.69) is 46.5 Å². The zero-order valence-electron chi connectivity index (χ0n) is 24.8. The van der Waals surface area contributed by atoms with E-state index < -0.39 is 0 Å². The summed E-state index contributed by atoms with van der Waals surface area (Å²) in [5.74, 6) is 0.647. The molecule has 0 bridgehead atoms. The van der Waals surface area contributed by atoms with Gasteiger partial charge in [-0.05, 0) is 50.4 Å². The average molecular weight is 601 g/mol. The molecule has 3 aliphatic heterocycles. The normalized spacial score (nSPS) is 22.3. The minimum absolute atomic E-state index is 0.109. The SMILES string of the molecule is [C-]#[N+]C[C@H]1CN(c2nc(OC[C@H]3CCCN3C)nc3c2COC(c2cccc4cccc(Cl)c24)C3)CCN1C(=O)C(=C)C. The van der Waals surface area contributed by atoms with Gasteiger partial charge in [0.25, 0.3) is 0 Å².